The molecule has 0 aliphatic carbocycles. The Morgan fingerprint density at radius 1 is 0.857 bits per heavy atom. The summed E-state index contributed by atoms with van der Waals surface area (Å²) in [6, 6.07) is 13.0. The Balaban J connectivity index is 1.84. The van der Waals surface area contributed by atoms with Gasteiger partial charge in [0.05, 0.1) is 28.8 Å². The van der Waals surface area contributed by atoms with E-state index in [-0.39, 0.29) is 19.0 Å². The van der Waals surface area contributed by atoms with Crippen LogP contribution in [0.1, 0.15) is 6.92 Å². The van der Waals surface area contributed by atoms with Crippen LogP contribution < -0.4 is 16.0 Å². The molecular formula is C19H20Cl2N4O3. The van der Waals surface area contributed by atoms with Gasteiger partial charge in [0.2, 0.25) is 11.8 Å². The highest BCUT2D eigenvalue weighted by Gasteiger charge is 2.16. The molecule has 0 unspecified atom stereocenters. The highest BCUT2D eigenvalue weighted by molar-refractivity contribution is 6.39. The van der Waals surface area contributed by atoms with Gasteiger partial charge in [-0.2, -0.15) is 0 Å². The van der Waals surface area contributed by atoms with Crippen LogP contribution in [0.2, 0.25) is 10.0 Å². The van der Waals surface area contributed by atoms with E-state index in [0.717, 1.165) is 0 Å². The maximum absolute atomic E-state index is 12.3. The topological polar surface area (TPSA) is 90.5 Å². The summed E-state index contributed by atoms with van der Waals surface area (Å²) in [5, 5.41) is 8.05. The summed E-state index contributed by atoms with van der Waals surface area (Å²) in [6.07, 6.45) is 0. The van der Waals surface area contributed by atoms with Crippen LogP contribution in [0.15, 0.2) is 48.5 Å². The number of halogens is 2. The molecule has 0 heterocycles. The Morgan fingerprint density at radius 3 is 2.07 bits per heavy atom. The molecule has 0 saturated carbocycles. The summed E-state index contributed by atoms with van der Waals surface area (Å²) in [5.74, 6) is -0.905. The molecule has 0 spiro atoms. The Kier molecular flexibility index (Phi) is 8.25. The Morgan fingerprint density at radius 2 is 1.46 bits per heavy atom. The van der Waals surface area contributed by atoms with E-state index >= 15 is 0 Å². The van der Waals surface area contributed by atoms with E-state index in [0.29, 0.717) is 28.0 Å². The lowest BCUT2D eigenvalue weighted by atomic mass is 10.3. The first kappa shape index (κ1) is 21.7. The van der Waals surface area contributed by atoms with Crippen molar-refractivity contribution in [3.05, 3.63) is 58.6 Å². The lowest BCUT2D eigenvalue weighted by Crippen LogP contribution is -2.44. The number of likely N-dealkylation sites (N-methyl/N-ethyl adjacent to an activating group) is 1. The number of carbonyl (C=O) groups is 3. The number of hydrogen-bond donors (Lipinski definition) is 3. The van der Waals surface area contributed by atoms with E-state index in [2.05, 4.69) is 16.0 Å². The number of rotatable bonds is 7. The van der Waals surface area contributed by atoms with Gasteiger partial charge < -0.3 is 10.6 Å². The standard InChI is InChI=1S/C19H20Cl2N4O3/c1-2-25(11-16(26)23-18-14(20)9-6-10-15(18)21)12-17(27)24-19(28)22-13-7-4-3-5-8-13/h3-10H,2,11-12H2,1H3,(H,23,26)(H2,22,24,27,28). The molecule has 4 amide bonds. The minimum absolute atomic E-state index is 0.0637. The summed E-state index contributed by atoms with van der Waals surface area (Å²) in [7, 11) is 0. The number of imide groups is 1. The fourth-order valence-electron chi connectivity index (χ4n) is 2.33. The molecule has 0 aromatic heterocycles. The highest BCUT2D eigenvalue weighted by atomic mass is 35.5. The molecule has 0 bridgehead atoms. The third-order valence-electron chi connectivity index (χ3n) is 3.69. The van der Waals surface area contributed by atoms with Crippen LogP contribution in [0, 0.1) is 0 Å². The molecule has 0 radical (unpaired) electrons. The molecule has 28 heavy (non-hydrogen) atoms. The van der Waals surface area contributed by atoms with Crippen molar-refractivity contribution in [1.29, 1.82) is 0 Å². The fourth-order valence-corrected chi connectivity index (χ4v) is 2.82. The van der Waals surface area contributed by atoms with Gasteiger partial charge in [-0.05, 0) is 30.8 Å². The van der Waals surface area contributed by atoms with Crippen LogP contribution in [0.3, 0.4) is 0 Å². The minimum atomic E-state index is -0.639. The summed E-state index contributed by atoms with van der Waals surface area (Å²) in [4.78, 5) is 37.8. The molecule has 148 valence electrons. The lowest BCUT2D eigenvalue weighted by molar-refractivity contribution is -0.122. The van der Waals surface area contributed by atoms with Crippen LogP contribution in [-0.4, -0.2) is 42.4 Å². The summed E-state index contributed by atoms with van der Waals surface area (Å²) < 4.78 is 0. The van der Waals surface area contributed by atoms with E-state index in [1.165, 1.54) is 0 Å². The van der Waals surface area contributed by atoms with Gasteiger partial charge in [-0.1, -0.05) is 54.4 Å². The molecule has 0 fully saturated rings. The SMILES string of the molecule is CCN(CC(=O)NC(=O)Nc1ccccc1)CC(=O)Nc1c(Cl)cccc1Cl. The molecule has 2 aromatic rings. The number of urea groups is 1. The maximum Gasteiger partial charge on any atom is 0.325 e. The Labute approximate surface area is 173 Å². The number of nitrogens with zero attached hydrogens (tertiary/aromatic N) is 1. The molecule has 0 aliphatic rings. The molecule has 7 nitrogen and oxygen atoms in total. The molecule has 0 atom stereocenters. The van der Waals surface area contributed by atoms with Gasteiger partial charge in [0, 0.05) is 5.69 Å². The fraction of sp³-hybridized carbons (Fsp3) is 0.211. The van der Waals surface area contributed by atoms with Gasteiger partial charge >= 0.3 is 6.03 Å². The predicted octanol–water partition coefficient (Wildman–Crippen LogP) is 3.60. The van der Waals surface area contributed by atoms with E-state index < -0.39 is 11.9 Å². The van der Waals surface area contributed by atoms with Crippen molar-refractivity contribution < 1.29 is 14.4 Å². The second-order valence-corrected chi connectivity index (χ2v) is 6.63. The third kappa shape index (κ3) is 6.84. The second-order valence-electron chi connectivity index (χ2n) is 5.82. The Bertz CT molecular complexity index is 826. The third-order valence-corrected chi connectivity index (χ3v) is 4.32. The molecule has 2 rings (SSSR count). The van der Waals surface area contributed by atoms with Crippen LogP contribution >= 0.6 is 23.2 Å². The van der Waals surface area contributed by atoms with E-state index in [9.17, 15) is 14.4 Å². The van der Waals surface area contributed by atoms with Gasteiger partial charge in [-0.3, -0.25) is 19.8 Å². The van der Waals surface area contributed by atoms with Gasteiger partial charge in [-0.25, -0.2) is 4.79 Å². The van der Waals surface area contributed by atoms with E-state index in [4.69, 9.17) is 23.2 Å². The predicted molar refractivity (Wildman–Crippen MR) is 111 cm³/mol. The zero-order chi connectivity index (χ0) is 20.5. The van der Waals surface area contributed by atoms with Crippen LogP contribution in [-0.2, 0) is 9.59 Å². The van der Waals surface area contributed by atoms with Gasteiger partial charge in [0.1, 0.15) is 0 Å². The number of para-hydroxylation sites is 2. The van der Waals surface area contributed by atoms with Crippen LogP contribution in [0.5, 0.6) is 0 Å². The van der Waals surface area contributed by atoms with Gasteiger partial charge in [0.15, 0.2) is 0 Å². The second kappa shape index (κ2) is 10.7. The van der Waals surface area contributed by atoms with Crippen molar-refractivity contribution in [1.82, 2.24) is 10.2 Å². The monoisotopic (exact) mass is 422 g/mol. The average Bonchev–Trinajstić information content (AvgIpc) is 2.65. The maximum atomic E-state index is 12.3. The lowest BCUT2D eigenvalue weighted by Gasteiger charge is -2.19. The first-order valence-corrected chi connectivity index (χ1v) is 9.26. The largest absolute Gasteiger partial charge is 0.325 e. The van der Waals surface area contributed by atoms with E-state index in [1.54, 1.807) is 54.3 Å². The quantitative estimate of drug-likeness (QED) is 0.635. The average molecular weight is 423 g/mol. The molecular weight excluding hydrogens is 403 g/mol. The zero-order valence-corrected chi connectivity index (χ0v) is 16.7. The van der Waals surface area contributed by atoms with Crippen molar-refractivity contribution in [3.63, 3.8) is 0 Å². The number of hydrogen-bond acceptors (Lipinski definition) is 4. The first-order valence-electron chi connectivity index (χ1n) is 8.51. The highest BCUT2D eigenvalue weighted by Crippen LogP contribution is 2.29. The minimum Gasteiger partial charge on any atom is -0.322 e. The molecule has 2 aromatic carbocycles. The van der Waals surface area contributed by atoms with Gasteiger partial charge in [-0.15, -0.1) is 0 Å². The summed E-state index contributed by atoms with van der Waals surface area (Å²) in [6.45, 7) is 2.04. The zero-order valence-electron chi connectivity index (χ0n) is 15.2. The summed E-state index contributed by atoms with van der Waals surface area (Å²) >= 11 is 12.1. The Hall–Kier alpha value is -2.61. The molecule has 3 N–H and O–H groups in total. The number of nitrogens with one attached hydrogen (secondary N) is 3. The molecule has 0 aliphatic heterocycles. The smallest absolute Gasteiger partial charge is 0.322 e. The summed E-state index contributed by atoms with van der Waals surface area (Å²) in [5.41, 5.74) is 0.884. The van der Waals surface area contributed by atoms with Crippen molar-refractivity contribution in [2.24, 2.45) is 0 Å². The van der Waals surface area contributed by atoms with E-state index in [1.807, 2.05) is 6.07 Å². The van der Waals surface area contributed by atoms with Crippen LogP contribution in [0.25, 0.3) is 0 Å². The van der Waals surface area contributed by atoms with Crippen LogP contribution in [0.4, 0.5) is 16.2 Å². The van der Waals surface area contributed by atoms with Crippen molar-refractivity contribution in [2.45, 2.75) is 6.92 Å². The first-order chi connectivity index (χ1) is 13.4. The van der Waals surface area contributed by atoms with Crippen molar-refractivity contribution in [2.75, 3.05) is 30.3 Å². The van der Waals surface area contributed by atoms with Gasteiger partial charge in [0.25, 0.3) is 0 Å². The number of anilines is 2. The number of amides is 4. The molecule has 9 heteroatoms. The number of carbonyl (C=O) groups excluding carboxylic acids is 3. The van der Waals surface area contributed by atoms with Crippen molar-refractivity contribution in [3.8, 4) is 0 Å². The normalized spacial score (nSPS) is 10.4. The van der Waals surface area contributed by atoms with Crippen molar-refractivity contribution >= 4 is 52.4 Å². The molecule has 0 saturated heterocycles. The number of benzene rings is 2.